The first-order chi connectivity index (χ1) is 6.45. The van der Waals surface area contributed by atoms with Gasteiger partial charge in [-0.05, 0) is 19.3 Å². The number of hydrogen-bond donors (Lipinski definition) is 1. The summed E-state index contributed by atoms with van der Waals surface area (Å²) in [5.41, 5.74) is 0. The van der Waals surface area contributed by atoms with Crippen molar-refractivity contribution in [2.75, 3.05) is 0 Å². The third-order valence-corrected chi connectivity index (χ3v) is 3.03. The second-order valence-corrected chi connectivity index (χ2v) is 4.25. The van der Waals surface area contributed by atoms with Gasteiger partial charge in [-0.2, -0.15) is 0 Å². The minimum Gasteiger partial charge on any atom is -0.304 e. The summed E-state index contributed by atoms with van der Waals surface area (Å²) in [5.74, 6) is 0. The molecule has 70 valence electrons. The molecule has 0 saturated heterocycles. The molecule has 0 bridgehead atoms. The molecular weight excluding hydrogens is 180 g/mol. The molecule has 0 spiro atoms. The minimum atomic E-state index is 0.567. The van der Waals surface area contributed by atoms with Crippen LogP contribution in [0, 0.1) is 0 Å². The first-order valence-corrected chi connectivity index (χ1v) is 5.61. The molecule has 1 atom stereocenters. The SMILES string of the molecule is C1=CC(NCc2nccs2)CCC1. The van der Waals surface area contributed by atoms with Gasteiger partial charge in [-0.15, -0.1) is 11.3 Å². The van der Waals surface area contributed by atoms with Crippen LogP contribution in [0.4, 0.5) is 0 Å². The monoisotopic (exact) mass is 194 g/mol. The largest absolute Gasteiger partial charge is 0.304 e. The van der Waals surface area contributed by atoms with E-state index in [1.54, 1.807) is 11.3 Å². The molecule has 0 radical (unpaired) electrons. The van der Waals surface area contributed by atoms with Crippen LogP contribution in [-0.2, 0) is 6.54 Å². The maximum atomic E-state index is 4.23. The lowest BCUT2D eigenvalue weighted by atomic mass is 10.0. The molecule has 1 aromatic heterocycles. The molecule has 13 heavy (non-hydrogen) atoms. The fourth-order valence-corrected chi connectivity index (χ4v) is 2.11. The van der Waals surface area contributed by atoms with Gasteiger partial charge in [0.1, 0.15) is 5.01 Å². The Balaban J connectivity index is 1.79. The van der Waals surface area contributed by atoms with Crippen LogP contribution in [0.2, 0.25) is 0 Å². The number of nitrogens with zero attached hydrogens (tertiary/aromatic N) is 1. The van der Waals surface area contributed by atoms with E-state index in [2.05, 4.69) is 22.5 Å². The molecule has 0 saturated carbocycles. The van der Waals surface area contributed by atoms with Crippen LogP contribution in [0.15, 0.2) is 23.7 Å². The normalized spacial score (nSPS) is 22.0. The number of nitrogens with one attached hydrogen (secondary N) is 1. The molecule has 0 fully saturated rings. The maximum absolute atomic E-state index is 4.23. The third kappa shape index (κ3) is 2.64. The summed E-state index contributed by atoms with van der Waals surface area (Å²) in [6.45, 7) is 0.909. The molecule has 2 rings (SSSR count). The van der Waals surface area contributed by atoms with Crippen LogP contribution in [0.25, 0.3) is 0 Å². The topological polar surface area (TPSA) is 24.9 Å². The predicted octanol–water partition coefficient (Wildman–Crippen LogP) is 2.34. The van der Waals surface area contributed by atoms with Crippen molar-refractivity contribution in [2.24, 2.45) is 0 Å². The molecule has 3 heteroatoms. The highest BCUT2D eigenvalue weighted by molar-refractivity contribution is 7.09. The summed E-state index contributed by atoms with van der Waals surface area (Å²) < 4.78 is 0. The molecule has 1 heterocycles. The van der Waals surface area contributed by atoms with Gasteiger partial charge in [0.25, 0.3) is 0 Å². The first-order valence-electron chi connectivity index (χ1n) is 4.73. The highest BCUT2D eigenvalue weighted by Crippen LogP contribution is 2.11. The molecule has 1 N–H and O–H groups in total. The smallest absolute Gasteiger partial charge is 0.106 e. The van der Waals surface area contributed by atoms with Crippen LogP contribution >= 0.6 is 11.3 Å². The summed E-state index contributed by atoms with van der Waals surface area (Å²) >= 11 is 1.71. The van der Waals surface area contributed by atoms with Gasteiger partial charge in [0.15, 0.2) is 0 Å². The molecule has 0 aliphatic heterocycles. The van der Waals surface area contributed by atoms with Gasteiger partial charge < -0.3 is 5.32 Å². The highest BCUT2D eigenvalue weighted by Gasteiger charge is 2.07. The summed E-state index contributed by atoms with van der Waals surface area (Å²) in [6.07, 6.45) is 10.2. The van der Waals surface area contributed by atoms with E-state index in [9.17, 15) is 0 Å². The molecule has 1 aliphatic carbocycles. The van der Waals surface area contributed by atoms with E-state index in [1.807, 2.05) is 11.6 Å². The van der Waals surface area contributed by atoms with Crippen LogP contribution in [-0.4, -0.2) is 11.0 Å². The zero-order valence-electron chi connectivity index (χ0n) is 7.57. The number of hydrogen-bond acceptors (Lipinski definition) is 3. The minimum absolute atomic E-state index is 0.567. The van der Waals surface area contributed by atoms with E-state index in [-0.39, 0.29) is 0 Å². The Morgan fingerprint density at radius 2 is 2.62 bits per heavy atom. The van der Waals surface area contributed by atoms with Crippen molar-refractivity contribution < 1.29 is 0 Å². The third-order valence-electron chi connectivity index (χ3n) is 2.25. The van der Waals surface area contributed by atoms with Gasteiger partial charge in [0, 0.05) is 24.2 Å². The predicted molar refractivity (Wildman–Crippen MR) is 55.7 cm³/mol. The fraction of sp³-hybridized carbons (Fsp3) is 0.500. The van der Waals surface area contributed by atoms with Gasteiger partial charge in [-0.1, -0.05) is 12.2 Å². The quantitative estimate of drug-likeness (QED) is 0.747. The zero-order valence-corrected chi connectivity index (χ0v) is 8.39. The molecule has 0 amide bonds. The zero-order chi connectivity index (χ0) is 8.93. The Morgan fingerprint density at radius 1 is 1.62 bits per heavy atom. The van der Waals surface area contributed by atoms with Crippen molar-refractivity contribution in [1.29, 1.82) is 0 Å². The Hall–Kier alpha value is -0.670. The second-order valence-electron chi connectivity index (χ2n) is 3.27. The van der Waals surface area contributed by atoms with Gasteiger partial charge in [-0.3, -0.25) is 0 Å². The van der Waals surface area contributed by atoms with E-state index < -0.39 is 0 Å². The van der Waals surface area contributed by atoms with E-state index in [1.165, 1.54) is 24.3 Å². The lowest BCUT2D eigenvalue weighted by molar-refractivity contribution is 0.521. The van der Waals surface area contributed by atoms with Gasteiger partial charge in [0.05, 0.1) is 0 Å². The van der Waals surface area contributed by atoms with Crippen molar-refractivity contribution in [3.05, 3.63) is 28.7 Å². The second kappa shape index (κ2) is 4.53. The van der Waals surface area contributed by atoms with E-state index in [0.29, 0.717) is 6.04 Å². The molecule has 1 aromatic rings. The Morgan fingerprint density at radius 3 is 3.31 bits per heavy atom. The average molecular weight is 194 g/mol. The van der Waals surface area contributed by atoms with E-state index in [0.717, 1.165) is 6.54 Å². The number of rotatable bonds is 3. The fourth-order valence-electron chi connectivity index (χ4n) is 1.54. The molecular formula is C10H14N2S. The summed E-state index contributed by atoms with van der Waals surface area (Å²) in [4.78, 5) is 4.23. The molecule has 0 aromatic carbocycles. The summed E-state index contributed by atoms with van der Waals surface area (Å²) in [7, 11) is 0. The van der Waals surface area contributed by atoms with Crippen molar-refractivity contribution in [2.45, 2.75) is 31.8 Å². The lowest BCUT2D eigenvalue weighted by Crippen LogP contribution is -2.27. The number of aromatic nitrogens is 1. The van der Waals surface area contributed by atoms with Gasteiger partial charge >= 0.3 is 0 Å². The molecule has 2 nitrogen and oxygen atoms in total. The summed E-state index contributed by atoms with van der Waals surface area (Å²) in [5, 5.41) is 6.69. The van der Waals surface area contributed by atoms with Gasteiger partial charge in [0.2, 0.25) is 0 Å². The van der Waals surface area contributed by atoms with E-state index >= 15 is 0 Å². The maximum Gasteiger partial charge on any atom is 0.106 e. The van der Waals surface area contributed by atoms with Crippen LogP contribution in [0.1, 0.15) is 24.3 Å². The lowest BCUT2D eigenvalue weighted by Gasteiger charge is -2.16. The average Bonchev–Trinajstić information content (AvgIpc) is 2.69. The van der Waals surface area contributed by atoms with Crippen molar-refractivity contribution >= 4 is 11.3 Å². The molecule has 1 unspecified atom stereocenters. The first kappa shape index (κ1) is 8.91. The van der Waals surface area contributed by atoms with E-state index in [4.69, 9.17) is 0 Å². The highest BCUT2D eigenvalue weighted by atomic mass is 32.1. The van der Waals surface area contributed by atoms with Crippen LogP contribution in [0.5, 0.6) is 0 Å². The van der Waals surface area contributed by atoms with Crippen LogP contribution in [0.3, 0.4) is 0 Å². The Bertz CT molecular complexity index is 266. The Kier molecular flexibility index (Phi) is 3.11. The Labute approximate surface area is 82.7 Å². The van der Waals surface area contributed by atoms with Crippen molar-refractivity contribution in [3.63, 3.8) is 0 Å². The summed E-state index contributed by atoms with van der Waals surface area (Å²) in [6, 6.07) is 0.567. The van der Waals surface area contributed by atoms with Crippen LogP contribution < -0.4 is 5.32 Å². The molecule has 1 aliphatic rings. The van der Waals surface area contributed by atoms with Gasteiger partial charge in [-0.25, -0.2) is 4.98 Å². The number of thiazole rings is 1. The van der Waals surface area contributed by atoms with Crippen molar-refractivity contribution in [1.82, 2.24) is 10.3 Å². The standard InChI is InChI=1S/C10H14N2S/c1-2-4-9(5-3-1)12-8-10-11-6-7-13-10/h2,4,6-7,9,12H,1,3,5,8H2. The van der Waals surface area contributed by atoms with Crippen molar-refractivity contribution in [3.8, 4) is 0 Å². The number of allylic oxidation sites excluding steroid dienone is 1.